The molecular formula is C13H21ClN4OS. The fourth-order valence-corrected chi connectivity index (χ4v) is 2.97. The van der Waals surface area contributed by atoms with E-state index in [9.17, 15) is 4.21 Å². The van der Waals surface area contributed by atoms with Crippen molar-refractivity contribution in [1.82, 2.24) is 19.3 Å². The molecule has 0 aliphatic carbocycles. The third-order valence-electron chi connectivity index (χ3n) is 3.61. The molecule has 112 valence electrons. The van der Waals surface area contributed by atoms with Crippen LogP contribution in [0, 0.1) is 6.92 Å². The first-order valence-electron chi connectivity index (χ1n) is 6.72. The Morgan fingerprint density at radius 1 is 1.45 bits per heavy atom. The Balaban J connectivity index is 2.37. The van der Waals surface area contributed by atoms with Crippen molar-refractivity contribution in [3.8, 4) is 0 Å². The van der Waals surface area contributed by atoms with Gasteiger partial charge in [-0.2, -0.15) is 5.10 Å². The van der Waals surface area contributed by atoms with Gasteiger partial charge in [-0.3, -0.25) is 8.89 Å². The summed E-state index contributed by atoms with van der Waals surface area (Å²) in [6.45, 7) is 4.77. The number of fused-ring (bicyclic) bond motifs is 1. The second-order valence-corrected chi connectivity index (χ2v) is 7.28. The SMILES string of the molecule is Cc1nn(C)c2c1nc(CCCl)n2CCC(C)S(C)=O. The lowest BCUT2D eigenvalue weighted by Gasteiger charge is -2.12. The third-order valence-corrected chi connectivity index (χ3v) is 5.17. The molecule has 0 bridgehead atoms. The first kappa shape index (κ1) is 15.5. The highest BCUT2D eigenvalue weighted by molar-refractivity contribution is 7.84. The average Bonchev–Trinajstić information content (AvgIpc) is 2.86. The molecule has 2 rings (SSSR count). The first-order valence-corrected chi connectivity index (χ1v) is 8.88. The highest BCUT2D eigenvalue weighted by Gasteiger charge is 2.18. The standard InChI is InChI=1S/C13H21ClN4OS/c1-9(20(4)19)6-8-18-11(5-7-14)15-12-10(2)16-17(3)13(12)18/h9H,5-8H2,1-4H3. The van der Waals surface area contributed by atoms with Gasteiger partial charge in [0.15, 0.2) is 5.65 Å². The second-order valence-electron chi connectivity index (χ2n) is 5.10. The lowest BCUT2D eigenvalue weighted by Crippen LogP contribution is -2.15. The summed E-state index contributed by atoms with van der Waals surface area (Å²) in [6.07, 6.45) is 3.34. The third kappa shape index (κ3) is 2.91. The Bertz CT molecular complexity index is 634. The van der Waals surface area contributed by atoms with Crippen LogP contribution in [0.3, 0.4) is 0 Å². The first-order chi connectivity index (χ1) is 9.45. The molecule has 5 nitrogen and oxygen atoms in total. The fourth-order valence-electron chi connectivity index (χ4n) is 2.37. The van der Waals surface area contributed by atoms with Gasteiger partial charge in [-0.1, -0.05) is 6.92 Å². The fraction of sp³-hybridized carbons (Fsp3) is 0.692. The number of hydrogen-bond donors (Lipinski definition) is 0. The van der Waals surface area contributed by atoms with Crippen LogP contribution in [0.25, 0.3) is 11.2 Å². The topological polar surface area (TPSA) is 52.7 Å². The molecule has 0 fully saturated rings. The molecule has 2 unspecified atom stereocenters. The molecule has 0 aromatic carbocycles. The molecule has 0 saturated heterocycles. The van der Waals surface area contributed by atoms with Crippen molar-refractivity contribution >= 4 is 33.6 Å². The van der Waals surface area contributed by atoms with Crippen LogP contribution in [0.15, 0.2) is 0 Å². The number of halogens is 1. The monoisotopic (exact) mass is 316 g/mol. The molecular weight excluding hydrogens is 296 g/mol. The van der Waals surface area contributed by atoms with Crippen molar-refractivity contribution in [2.75, 3.05) is 12.1 Å². The van der Waals surface area contributed by atoms with E-state index < -0.39 is 10.8 Å². The molecule has 0 aliphatic rings. The summed E-state index contributed by atoms with van der Waals surface area (Å²) in [5.41, 5.74) is 2.90. The Morgan fingerprint density at radius 2 is 2.15 bits per heavy atom. The van der Waals surface area contributed by atoms with Crippen molar-refractivity contribution in [3.05, 3.63) is 11.5 Å². The summed E-state index contributed by atoms with van der Waals surface area (Å²) in [4.78, 5) is 4.66. The highest BCUT2D eigenvalue weighted by Crippen LogP contribution is 2.20. The van der Waals surface area contributed by atoms with E-state index in [1.54, 1.807) is 6.26 Å². The van der Waals surface area contributed by atoms with E-state index in [2.05, 4.69) is 14.6 Å². The number of alkyl halides is 1. The molecule has 0 aliphatic heterocycles. The van der Waals surface area contributed by atoms with Gasteiger partial charge in [0.05, 0.1) is 5.69 Å². The molecule has 2 aromatic heterocycles. The predicted octanol–water partition coefficient (Wildman–Crippen LogP) is 2.02. The summed E-state index contributed by atoms with van der Waals surface area (Å²) >= 11 is 5.87. The van der Waals surface area contributed by atoms with Crippen molar-refractivity contribution in [1.29, 1.82) is 0 Å². The van der Waals surface area contributed by atoms with Gasteiger partial charge in [-0.15, -0.1) is 11.6 Å². The molecule has 0 saturated carbocycles. The summed E-state index contributed by atoms with van der Waals surface area (Å²) in [5, 5.41) is 4.59. The maximum atomic E-state index is 11.5. The lowest BCUT2D eigenvalue weighted by atomic mass is 10.3. The van der Waals surface area contributed by atoms with Gasteiger partial charge < -0.3 is 4.57 Å². The zero-order valence-corrected chi connectivity index (χ0v) is 14.0. The zero-order valence-electron chi connectivity index (χ0n) is 12.4. The van der Waals surface area contributed by atoms with Crippen molar-refractivity contribution in [2.45, 2.75) is 38.5 Å². The summed E-state index contributed by atoms with van der Waals surface area (Å²) in [7, 11) is 1.13. The maximum absolute atomic E-state index is 11.5. The van der Waals surface area contributed by atoms with Crippen LogP contribution in [-0.2, 0) is 30.8 Å². The maximum Gasteiger partial charge on any atom is 0.158 e. The number of nitrogens with zero attached hydrogens (tertiary/aromatic N) is 4. The molecule has 7 heteroatoms. The van der Waals surface area contributed by atoms with E-state index in [4.69, 9.17) is 11.6 Å². The smallest absolute Gasteiger partial charge is 0.158 e. The molecule has 2 heterocycles. The van der Waals surface area contributed by atoms with Gasteiger partial charge >= 0.3 is 0 Å². The second kappa shape index (κ2) is 6.26. The van der Waals surface area contributed by atoms with Gasteiger partial charge in [0, 0.05) is 48.2 Å². The number of aromatic nitrogens is 4. The molecule has 0 N–H and O–H groups in total. The van der Waals surface area contributed by atoms with Gasteiger partial charge in [-0.25, -0.2) is 4.98 Å². The van der Waals surface area contributed by atoms with Crippen LogP contribution in [0.4, 0.5) is 0 Å². The van der Waals surface area contributed by atoms with Gasteiger partial charge in [0.25, 0.3) is 0 Å². The Kier molecular flexibility index (Phi) is 4.86. The lowest BCUT2D eigenvalue weighted by molar-refractivity contribution is 0.595. The van der Waals surface area contributed by atoms with Crippen molar-refractivity contribution < 1.29 is 4.21 Å². The van der Waals surface area contributed by atoms with E-state index in [1.165, 1.54) is 0 Å². The number of hydrogen-bond acceptors (Lipinski definition) is 3. The van der Waals surface area contributed by atoms with Crippen LogP contribution in [0.1, 0.15) is 24.9 Å². The van der Waals surface area contributed by atoms with E-state index in [0.717, 1.165) is 42.1 Å². The summed E-state index contributed by atoms with van der Waals surface area (Å²) in [6, 6.07) is 0. The minimum Gasteiger partial charge on any atom is -0.313 e. The van der Waals surface area contributed by atoms with Gasteiger partial charge in [-0.05, 0) is 13.3 Å². The summed E-state index contributed by atoms with van der Waals surface area (Å²) < 4.78 is 15.5. The minimum absolute atomic E-state index is 0.172. The minimum atomic E-state index is -0.798. The van der Waals surface area contributed by atoms with Crippen molar-refractivity contribution in [2.24, 2.45) is 7.05 Å². The molecule has 20 heavy (non-hydrogen) atoms. The normalized spacial score (nSPS) is 14.8. The molecule has 0 spiro atoms. The molecule has 0 radical (unpaired) electrons. The Morgan fingerprint density at radius 3 is 2.75 bits per heavy atom. The Labute approximate surface area is 126 Å². The number of rotatable bonds is 6. The summed E-state index contributed by atoms with van der Waals surface area (Å²) in [5.74, 6) is 1.53. The zero-order chi connectivity index (χ0) is 14.9. The van der Waals surface area contributed by atoms with Crippen molar-refractivity contribution in [3.63, 3.8) is 0 Å². The number of imidazole rings is 1. The molecule has 2 aromatic rings. The van der Waals surface area contributed by atoms with Crippen LogP contribution in [0.2, 0.25) is 0 Å². The molecule has 0 amide bonds. The van der Waals surface area contributed by atoms with E-state index in [0.29, 0.717) is 5.88 Å². The Hall–Kier alpha value is -0.880. The molecule has 2 atom stereocenters. The van der Waals surface area contributed by atoms with E-state index in [-0.39, 0.29) is 5.25 Å². The largest absolute Gasteiger partial charge is 0.313 e. The quantitative estimate of drug-likeness (QED) is 0.766. The number of aryl methyl sites for hydroxylation is 4. The van der Waals surface area contributed by atoms with Gasteiger partial charge in [0.2, 0.25) is 0 Å². The van der Waals surface area contributed by atoms with E-state index >= 15 is 0 Å². The van der Waals surface area contributed by atoms with Gasteiger partial charge in [0.1, 0.15) is 11.3 Å². The van der Waals surface area contributed by atoms with E-state index in [1.807, 2.05) is 25.6 Å². The van der Waals surface area contributed by atoms with Crippen LogP contribution in [-0.4, -0.2) is 40.9 Å². The van der Waals surface area contributed by atoms with Crippen LogP contribution >= 0.6 is 11.6 Å². The predicted molar refractivity (Wildman–Crippen MR) is 83.8 cm³/mol. The van der Waals surface area contributed by atoms with Crippen LogP contribution < -0.4 is 0 Å². The highest BCUT2D eigenvalue weighted by atomic mass is 35.5. The average molecular weight is 317 g/mol. The van der Waals surface area contributed by atoms with Crippen LogP contribution in [0.5, 0.6) is 0 Å².